The maximum absolute atomic E-state index is 11.4. The lowest BCUT2D eigenvalue weighted by Gasteiger charge is -2.31. The van der Waals surface area contributed by atoms with Gasteiger partial charge < -0.3 is 10.6 Å². The highest BCUT2D eigenvalue weighted by Gasteiger charge is 2.23. The number of piperazine rings is 1. The zero-order valence-electron chi connectivity index (χ0n) is 8.70. The fourth-order valence-corrected chi connectivity index (χ4v) is 1.49. The highest BCUT2D eigenvalue weighted by atomic mass is 16.2. The summed E-state index contributed by atoms with van der Waals surface area (Å²) in [5.41, 5.74) is 0. The van der Waals surface area contributed by atoms with Crippen molar-refractivity contribution in [2.75, 3.05) is 32.7 Å². The minimum Gasteiger partial charge on any atom is -0.352 e. The van der Waals surface area contributed by atoms with E-state index >= 15 is 0 Å². The zero-order valence-corrected chi connectivity index (χ0v) is 8.70. The predicted octanol–water partition coefficient (Wildman–Crippen LogP) is -0.914. The van der Waals surface area contributed by atoms with Crippen LogP contribution in [-0.2, 0) is 4.79 Å². The molecular formula is C10H16N4O. The van der Waals surface area contributed by atoms with Crippen molar-refractivity contribution < 1.29 is 4.79 Å². The van der Waals surface area contributed by atoms with Crippen molar-refractivity contribution in [1.82, 2.24) is 15.5 Å². The molecule has 0 aromatic carbocycles. The van der Waals surface area contributed by atoms with E-state index in [-0.39, 0.29) is 18.5 Å². The summed E-state index contributed by atoms with van der Waals surface area (Å²) in [5.74, 6) is -0.0583. The second-order valence-corrected chi connectivity index (χ2v) is 3.41. The van der Waals surface area contributed by atoms with Gasteiger partial charge in [-0.25, -0.2) is 0 Å². The largest absolute Gasteiger partial charge is 0.352 e. The van der Waals surface area contributed by atoms with Crippen LogP contribution in [0.4, 0.5) is 0 Å². The van der Waals surface area contributed by atoms with Gasteiger partial charge in [-0.3, -0.25) is 9.69 Å². The molecule has 0 aromatic rings. The molecule has 1 aliphatic heterocycles. The molecule has 0 saturated carbocycles. The lowest BCUT2D eigenvalue weighted by Crippen LogP contribution is -2.53. The Morgan fingerprint density at radius 1 is 1.80 bits per heavy atom. The highest BCUT2D eigenvalue weighted by Crippen LogP contribution is 2.00. The Labute approximate surface area is 89.7 Å². The van der Waals surface area contributed by atoms with Gasteiger partial charge in [-0.2, -0.15) is 5.26 Å². The van der Waals surface area contributed by atoms with Gasteiger partial charge >= 0.3 is 0 Å². The van der Waals surface area contributed by atoms with Gasteiger partial charge in [-0.1, -0.05) is 6.08 Å². The van der Waals surface area contributed by atoms with Crippen LogP contribution in [0.5, 0.6) is 0 Å². The molecule has 0 radical (unpaired) electrons. The van der Waals surface area contributed by atoms with Crippen molar-refractivity contribution in [2.24, 2.45) is 0 Å². The number of carbonyl (C=O) groups is 1. The fourth-order valence-electron chi connectivity index (χ4n) is 1.49. The number of nitrogens with zero attached hydrogens (tertiary/aromatic N) is 2. The quantitative estimate of drug-likeness (QED) is 0.587. The predicted molar refractivity (Wildman–Crippen MR) is 57.1 cm³/mol. The first-order valence-corrected chi connectivity index (χ1v) is 5.00. The summed E-state index contributed by atoms with van der Waals surface area (Å²) in [6, 6.07) is 1.98. The second kappa shape index (κ2) is 6.17. The number of hydrogen-bond donors (Lipinski definition) is 2. The van der Waals surface area contributed by atoms with Crippen molar-refractivity contribution in [3.8, 4) is 6.07 Å². The van der Waals surface area contributed by atoms with Crippen LogP contribution >= 0.6 is 0 Å². The van der Waals surface area contributed by atoms with Crippen molar-refractivity contribution in [2.45, 2.75) is 6.04 Å². The lowest BCUT2D eigenvalue weighted by molar-refractivity contribution is -0.122. The molecule has 1 heterocycles. The summed E-state index contributed by atoms with van der Waals surface area (Å²) in [6.07, 6.45) is 1.64. The van der Waals surface area contributed by atoms with Crippen LogP contribution in [0.25, 0.3) is 0 Å². The number of nitrogens with one attached hydrogen (secondary N) is 2. The smallest absolute Gasteiger partial charge is 0.234 e. The van der Waals surface area contributed by atoms with E-state index in [2.05, 4.69) is 23.3 Å². The summed E-state index contributed by atoms with van der Waals surface area (Å²) >= 11 is 0. The van der Waals surface area contributed by atoms with E-state index in [4.69, 9.17) is 5.26 Å². The average Bonchev–Trinajstić information content (AvgIpc) is 2.27. The summed E-state index contributed by atoms with van der Waals surface area (Å²) in [5, 5.41) is 14.7. The number of rotatable bonds is 4. The first-order chi connectivity index (χ1) is 7.27. The van der Waals surface area contributed by atoms with Crippen LogP contribution in [0.2, 0.25) is 0 Å². The Hall–Kier alpha value is -1.38. The van der Waals surface area contributed by atoms with E-state index in [0.29, 0.717) is 13.1 Å². The Balaban J connectivity index is 2.38. The van der Waals surface area contributed by atoms with Crippen molar-refractivity contribution in [3.05, 3.63) is 12.7 Å². The Morgan fingerprint density at radius 2 is 2.60 bits per heavy atom. The van der Waals surface area contributed by atoms with Crippen LogP contribution in [0.15, 0.2) is 12.7 Å². The molecule has 82 valence electrons. The molecular weight excluding hydrogens is 192 g/mol. The maximum Gasteiger partial charge on any atom is 0.234 e. The molecule has 1 amide bonds. The van der Waals surface area contributed by atoms with E-state index in [1.165, 1.54) is 0 Å². The van der Waals surface area contributed by atoms with Gasteiger partial charge in [-0.05, 0) is 0 Å². The third-order valence-corrected chi connectivity index (χ3v) is 2.29. The molecule has 5 nitrogen and oxygen atoms in total. The molecule has 1 unspecified atom stereocenters. The van der Waals surface area contributed by atoms with Crippen LogP contribution in [0.3, 0.4) is 0 Å². The summed E-state index contributed by atoms with van der Waals surface area (Å²) in [7, 11) is 0. The Morgan fingerprint density at radius 3 is 3.27 bits per heavy atom. The van der Waals surface area contributed by atoms with E-state index in [1.807, 2.05) is 4.90 Å². The fraction of sp³-hybridized carbons (Fsp3) is 0.600. The molecule has 1 fully saturated rings. The first-order valence-electron chi connectivity index (χ1n) is 5.00. The van der Waals surface area contributed by atoms with Gasteiger partial charge in [0.2, 0.25) is 5.91 Å². The highest BCUT2D eigenvalue weighted by molar-refractivity contribution is 5.78. The lowest BCUT2D eigenvalue weighted by atomic mass is 10.2. The minimum absolute atomic E-state index is 0.0583. The number of nitriles is 1. The molecule has 2 N–H and O–H groups in total. The maximum atomic E-state index is 11.4. The van der Waals surface area contributed by atoms with Gasteiger partial charge in [0.1, 0.15) is 6.04 Å². The number of amides is 1. The first kappa shape index (κ1) is 11.7. The third kappa shape index (κ3) is 3.70. The van der Waals surface area contributed by atoms with Gasteiger partial charge in [0.15, 0.2) is 0 Å². The molecule has 0 spiro atoms. The topological polar surface area (TPSA) is 68.2 Å². The molecule has 15 heavy (non-hydrogen) atoms. The monoisotopic (exact) mass is 208 g/mol. The third-order valence-electron chi connectivity index (χ3n) is 2.29. The standard InChI is InChI=1S/C10H16N4O/c1-2-3-13-10(15)8-14-5-4-12-7-9(14)6-11/h2,9,12H,1,3-5,7-8H2,(H,13,15). The molecule has 5 heteroatoms. The van der Waals surface area contributed by atoms with Gasteiger partial charge in [0, 0.05) is 26.2 Å². The zero-order chi connectivity index (χ0) is 11.1. The van der Waals surface area contributed by atoms with Crippen LogP contribution in [0.1, 0.15) is 0 Å². The van der Waals surface area contributed by atoms with Crippen molar-refractivity contribution >= 4 is 5.91 Å². The van der Waals surface area contributed by atoms with E-state index < -0.39 is 0 Å². The molecule has 0 bridgehead atoms. The summed E-state index contributed by atoms with van der Waals surface area (Å²) < 4.78 is 0. The average molecular weight is 208 g/mol. The number of hydrogen-bond acceptors (Lipinski definition) is 4. The molecule has 1 aliphatic rings. The Bertz CT molecular complexity index is 271. The van der Waals surface area contributed by atoms with Crippen LogP contribution in [-0.4, -0.2) is 49.6 Å². The molecule has 0 aromatic heterocycles. The normalized spacial score (nSPS) is 21.7. The molecule has 0 aliphatic carbocycles. The summed E-state index contributed by atoms with van der Waals surface area (Å²) in [4.78, 5) is 13.3. The second-order valence-electron chi connectivity index (χ2n) is 3.41. The van der Waals surface area contributed by atoms with E-state index in [0.717, 1.165) is 13.1 Å². The molecule has 1 rings (SSSR count). The van der Waals surface area contributed by atoms with Gasteiger partial charge in [0.05, 0.1) is 12.6 Å². The van der Waals surface area contributed by atoms with Gasteiger partial charge in [0.25, 0.3) is 0 Å². The van der Waals surface area contributed by atoms with E-state index in [9.17, 15) is 4.79 Å². The van der Waals surface area contributed by atoms with Crippen LogP contribution in [0, 0.1) is 11.3 Å². The molecule has 1 saturated heterocycles. The van der Waals surface area contributed by atoms with Crippen molar-refractivity contribution in [3.63, 3.8) is 0 Å². The summed E-state index contributed by atoms with van der Waals surface area (Å²) in [6.45, 7) is 6.47. The van der Waals surface area contributed by atoms with Gasteiger partial charge in [-0.15, -0.1) is 6.58 Å². The van der Waals surface area contributed by atoms with Crippen LogP contribution < -0.4 is 10.6 Å². The SMILES string of the molecule is C=CCNC(=O)CN1CCNCC1C#N. The minimum atomic E-state index is -0.201. The van der Waals surface area contributed by atoms with Crippen molar-refractivity contribution in [1.29, 1.82) is 5.26 Å². The molecule has 1 atom stereocenters. The van der Waals surface area contributed by atoms with E-state index in [1.54, 1.807) is 6.08 Å². The Kier molecular flexibility index (Phi) is 4.81. The number of carbonyl (C=O) groups excluding carboxylic acids is 1.